The van der Waals surface area contributed by atoms with Gasteiger partial charge in [0, 0.05) is 11.4 Å². The van der Waals surface area contributed by atoms with E-state index >= 15 is 0 Å². The number of para-hydroxylation sites is 1. The van der Waals surface area contributed by atoms with Gasteiger partial charge in [-0.05, 0) is 38.1 Å². The van der Waals surface area contributed by atoms with Gasteiger partial charge in [0.05, 0.1) is 11.9 Å². The van der Waals surface area contributed by atoms with E-state index in [1.165, 1.54) is 12.3 Å². The van der Waals surface area contributed by atoms with Gasteiger partial charge in [-0.25, -0.2) is 4.39 Å². The third kappa shape index (κ3) is 2.95. The van der Waals surface area contributed by atoms with Crippen LogP contribution < -0.4 is 5.32 Å². The highest BCUT2D eigenvalue weighted by molar-refractivity contribution is 5.77. The van der Waals surface area contributed by atoms with Gasteiger partial charge in [0.15, 0.2) is 0 Å². The highest BCUT2D eigenvalue weighted by Gasteiger charge is 2.20. The Labute approximate surface area is 122 Å². The van der Waals surface area contributed by atoms with Gasteiger partial charge < -0.3 is 9.73 Å². The molecule has 3 aromatic rings. The van der Waals surface area contributed by atoms with E-state index in [9.17, 15) is 4.39 Å². The number of nitrogens with zero attached hydrogens (tertiary/aromatic N) is 1. The normalized spacial score (nSPS) is 13.0. The van der Waals surface area contributed by atoms with E-state index in [0.29, 0.717) is 0 Å². The average Bonchev–Trinajstić information content (AvgIpc) is 2.89. The van der Waals surface area contributed by atoms with Crippen LogP contribution >= 0.6 is 0 Å². The van der Waals surface area contributed by atoms with Gasteiger partial charge >= 0.3 is 0 Å². The van der Waals surface area contributed by atoms with Crippen LogP contribution in [0.25, 0.3) is 11.0 Å². The molecule has 1 unspecified atom stereocenters. The lowest BCUT2D eigenvalue weighted by molar-refractivity contribution is 0.435. The molecule has 0 saturated heterocycles. The lowest BCUT2D eigenvalue weighted by Crippen LogP contribution is -2.29. The summed E-state index contributed by atoms with van der Waals surface area (Å²) < 4.78 is 19.0. The highest BCUT2D eigenvalue weighted by Crippen LogP contribution is 2.27. The van der Waals surface area contributed by atoms with E-state index in [4.69, 9.17) is 4.42 Å². The molecule has 0 amide bonds. The number of halogens is 1. The Hall–Kier alpha value is -2.20. The van der Waals surface area contributed by atoms with Crippen molar-refractivity contribution in [3.05, 3.63) is 65.9 Å². The Balaban J connectivity index is 2.03. The van der Waals surface area contributed by atoms with Gasteiger partial charge in [-0.2, -0.15) is 0 Å². The summed E-state index contributed by atoms with van der Waals surface area (Å²) in [5, 5.41) is 4.46. The first-order chi connectivity index (χ1) is 10.1. The van der Waals surface area contributed by atoms with Crippen molar-refractivity contribution < 1.29 is 8.81 Å². The summed E-state index contributed by atoms with van der Waals surface area (Å²) in [6.45, 7) is 4.11. The summed E-state index contributed by atoms with van der Waals surface area (Å²) in [7, 11) is 0. The maximum absolute atomic E-state index is 13.1. The summed E-state index contributed by atoms with van der Waals surface area (Å²) in [6.07, 6.45) is 1.23. The van der Waals surface area contributed by atoms with Crippen LogP contribution in [0.3, 0.4) is 0 Å². The molecule has 3 nitrogen and oxygen atoms in total. The molecule has 0 saturated carbocycles. The summed E-state index contributed by atoms with van der Waals surface area (Å²) in [4.78, 5) is 4.18. The largest absolute Gasteiger partial charge is 0.459 e. The molecule has 1 N–H and O–H groups in total. The minimum absolute atomic E-state index is 0.196. The number of nitrogens with one attached hydrogen (secondary N) is 1. The topological polar surface area (TPSA) is 38.1 Å². The van der Waals surface area contributed by atoms with E-state index in [2.05, 4.69) is 24.1 Å². The third-order valence-electron chi connectivity index (χ3n) is 3.28. The summed E-state index contributed by atoms with van der Waals surface area (Å²) in [5.41, 5.74) is 1.58. The van der Waals surface area contributed by atoms with Crippen LogP contribution in [0.1, 0.15) is 31.3 Å². The summed E-state index contributed by atoms with van der Waals surface area (Å²) >= 11 is 0. The Bertz CT molecular complexity index is 701. The smallest absolute Gasteiger partial charge is 0.141 e. The number of pyridine rings is 1. The van der Waals surface area contributed by atoms with Crippen LogP contribution in [0.5, 0.6) is 0 Å². The molecule has 21 heavy (non-hydrogen) atoms. The van der Waals surface area contributed by atoms with Gasteiger partial charge in [0.25, 0.3) is 0 Å². The number of hydrogen-bond acceptors (Lipinski definition) is 3. The fourth-order valence-electron chi connectivity index (χ4n) is 2.35. The van der Waals surface area contributed by atoms with Crippen LogP contribution in [-0.4, -0.2) is 11.0 Å². The second-order valence-electron chi connectivity index (χ2n) is 5.34. The van der Waals surface area contributed by atoms with Crippen molar-refractivity contribution in [1.82, 2.24) is 10.3 Å². The zero-order valence-corrected chi connectivity index (χ0v) is 12.0. The zero-order chi connectivity index (χ0) is 14.8. The average molecular weight is 284 g/mol. The number of benzene rings is 1. The number of fused-ring (bicyclic) bond motifs is 1. The van der Waals surface area contributed by atoms with Crippen LogP contribution in [0, 0.1) is 5.82 Å². The van der Waals surface area contributed by atoms with Gasteiger partial charge in [-0.3, -0.25) is 4.98 Å². The number of aromatic nitrogens is 1. The van der Waals surface area contributed by atoms with Crippen molar-refractivity contribution in [2.24, 2.45) is 0 Å². The van der Waals surface area contributed by atoms with Crippen molar-refractivity contribution >= 4 is 11.0 Å². The molecule has 2 aromatic heterocycles. The molecular formula is C17H17FN2O. The van der Waals surface area contributed by atoms with Gasteiger partial charge in [-0.1, -0.05) is 18.2 Å². The molecule has 0 radical (unpaired) electrons. The molecule has 2 heterocycles. The minimum atomic E-state index is -0.341. The first-order valence-electron chi connectivity index (χ1n) is 6.99. The molecule has 4 heteroatoms. The predicted molar refractivity (Wildman–Crippen MR) is 80.5 cm³/mol. The molecule has 0 aliphatic heterocycles. The van der Waals surface area contributed by atoms with Crippen LogP contribution in [-0.2, 0) is 0 Å². The Kier molecular flexibility index (Phi) is 3.71. The van der Waals surface area contributed by atoms with Crippen LogP contribution in [0.15, 0.2) is 53.1 Å². The Morgan fingerprint density at radius 1 is 1.14 bits per heavy atom. The second-order valence-corrected chi connectivity index (χ2v) is 5.34. The fourth-order valence-corrected chi connectivity index (χ4v) is 2.35. The molecule has 0 aliphatic rings. The first kappa shape index (κ1) is 13.8. The number of furan rings is 1. The lowest BCUT2D eigenvalue weighted by atomic mass is 10.1. The van der Waals surface area contributed by atoms with E-state index in [0.717, 1.165) is 22.4 Å². The molecule has 3 rings (SSSR count). The third-order valence-corrected chi connectivity index (χ3v) is 3.28. The van der Waals surface area contributed by atoms with Gasteiger partial charge in [-0.15, -0.1) is 0 Å². The van der Waals surface area contributed by atoms with Crippen molar-refractivity contribution in [3.63, 3.8) is 0 Å². The molecule has 1 atom stereocenters. The minimum Gasteiger partial charge on any atom is -0.459 e. The predicted octanol–water partition coefficient (Wildman–Crippen LogP) is 4.05. The highest BCUT2D eigenvalue weighted by atomic mass is 19.1. The standard InChI is InChI=1S/C17H17FN2O/c1-11(2)20-17(14-8-7-13(18)10-19-14)16-9-12-5-3-4-6-15(12)21-16/h3-11,17,20H,1-2H3. The molecule has 0 bridgehead atoms. The maximum atomic E-state index is 13.1. The Morgan fingerprint density at radius 3 is 2.62 bits per heavy atom. The van der Waals surface area contributed by atoms with E-state index in [-0.39, 0.29) is 17.9 Å². The van der Waals surface area contributed by atoms with Crippen LogP contribution in [0.2, 0.25) is 0 Å². The van der Waals surface area contributed by atoms with Crippen molar-refractivity contribution in [2.75, 3.05) is 0 Å². The second kappa shape index (κ2) is 5.66. The quantitative estimate of drug-likeness (QED) is 0.785. The maximum Gasteiger partial charge on any atom is 0.141 e. The Morgan fingerprint density at radius 2 is 1.95 bits per heavy atom. The number of rotatable bonds is 4. The van der Waals surface area contributed by atoms with Gasteiger partial charge in [0.2, 0.25) is 0 Å². The summed E-state index contributed by atoms with van der Waals surface area (Å²) in [6, 6.07) is 13.0. The van der Waals surface area contributed by atoms with Gasteiger partial charge in [0.1, 0.15) is 23.2 Å². The monoisotopic (exact) mass is 284 g/mol. The molecular weight excluding hydrogens is 267 g/mol. The SMILES string of the molecule is CC(C)NC(c1ccc(F)cn1)c1cc2ccccc2o1. The number of hydrogen-bond donors (Lipinski definition) is 1. The molecule has 0 fully saturated rings. The molecule has 0 aliphatic carbocycles. The van der Waals surface area contributed by atoms with Crippen LogP contribution in [0.4, 0.5) is 4.39 Å². The zero-order valence-electron chi connectivity index (χ0n) is 12.0. The van der Waals surface area contributed by atoms with E-state index in [1.54, 1.807) is 6.07 Å². The first-order valence-corrected chi connectivity index (χ1v) is 6.99. The van der Waals surface area contributed by atoms with E-state index in [1.807, 2.05) is 30.3 Å². The lowest BCUT2D eigenvalue weighted by Gasteiger charge is -2.18. The van der Waals surface area contributed by atoms with E-state index < -0.39 is 0 Å². The molecule has 108 valence electrons. The summed E-state index contributed by atoms with van der Waals surface area (Å²) in [5.74, 6) is 0.440. The fraction of sp³-hybridized carbons (Fsp3) is 0.235. The molecule has 0 spiro atoms. The van der Waals surface area contributed by atoms with Crippen molar-refractivity contribution in [1.29, 1.82) is 0 Å². The van der Waals surface area contributed by atoms with Crippen molar-refractivity contribution in [3.8, 4) is 0 Å². The molecule has 1 aromatic carbocycles. The van der Waals surface area contributed by atoms with Crippen molar-refractivity contribution in [2.45, 2.75) is 25.9 Å².